The van der Waals surface area contributed by atoms with E-state index >= 15 is 0 Å². The highest BCUT2D eigenvalue weighted by molar-refractivity contribution is 7.80. The number of rotatable bonds is 4. The van der Waals surface area contributed by atoms with Crippen LogP contribution in [0.2, 0.25) is 0 Å². The minimum absolute atomic E-state index is 0.424. The molecular weight excluding hydrogens is 328 g/mol. The highest BCUT2D eigenvalue weighted by atomic mass is 32.1. The first-order valence-corrected chi connectivity index (χ1v) is 8.31. The number of hydrogen-bond acceptors (Lipinski definition) is 3. The molecule has 0 aliphatic heterocycles. The van der Waals surface area contributed by atoms with Gasteiger partial charge in [0, 0.05) is 17.4 Å². The Morgan fingerprint density at radius 2 is 1.64 bits per heavy atom. The molecule has 2 aromatic carbocycles. The Morgan fingerprint density at radius 1 is 0.920 bits per heavy atom. The van der Waals surface area contributed by atoms with Crippen LogP contribution < -0.4 is 10.7 Å². The number of aromatic nitrogens is 1. The van der Waals surface area contributed by atoms with E-state index in [-0.39, 0.29) is 0 Å². The monoisotopic (exact) mass is 346 g/mol. The number of hydrazone groups is 1. The Morgan fingerprint density at radius 3 is 2.32 bits per heavy atom. The SMILES string of the molecule is Cc1ccc(NC(=S)NN=C(c2ccccc2)c2ccccn2)cc1. The van der Waals surface area contributed by atoms with Gasteiger partial charge in [0.25, 0.3) is 0 Å². The van der Waals surface area contributed by atoms with Gasteiger partial charge in [-0.25, -0.2) is 0 Å². The van der Waals surface area contributed by atoms with Crippen molar-refractivity contribution in [2.45, 2.75) is 6.92 Å². The summed E-state index contributed by atoms with van der Waals surface area (Å²) in [4.78, 5) is 4.39. The molecule has 1 heterocycles. The first-order valence-electron chi connectivity index (χ1n) is 7.90. The van der Waals surface area contributed by atoms with Crippen LogP contribution in [0.1, 0.15) is 16.8 Å². The van der Waals surface area contributed by atoms with Crippen molar-refractivity contribution >= 4 is 28.7 Å². The fourth-order valence-corrected chi connectivity index (χ4v) is 2.43. The molecule has 1 aromatic heterocycles. The fourth-order valence-electron chi connectivity index (χ4n) is 2.27. The minimum Gasteiger partial charge on any atom is -0.331 e. The molecular formula is C20H18N4S. The molecule has 3 rings (SSSR count). The molecule has 25 heavy (non-hydrogen) atoms. The molecule has 5 heteroatoms. The maximum absolute atomic E-state index is 5.34. The molecule has 0 fully saturated rings. The minimum atomic E-state index is 0.424. The van der Waals surface area contributed by atoms with Crippen LogP contribution in [0.25, 0.3) is 0 Å². The van der Waals surface area contributed by atoms with Crippen LogP contribution in [0.3, 0.4) is 0 Å². The van der Waals surface area contributed by atoms with E-state index in [1.807, 2.05) is 79.7 Å². The summed E-state index contributed by atoms with van der Waals surface area (Å²) in [5.74, 6) is 0. The molecule has 0 atom stereocenters. The maximum Gasteiger partial charge on any atom is 0.191 e. The molecule has 0 saturated carbocycles. The summed E-state index contributed by atoms with van der Waals surface area (Å²) in [6.45, 7) is 2.05. The summed E-state index contributed by atoms with van der Waals surface area (Å²) >= 11 is 5.34. The normalized spacial score (nSPS) is 11.0. The van der Waals surface area contributed by atoms with Crippen LogP contribution in [0, 0.1) is 6.92 Å². The molecule has 0 aliphatic rings. The lowest BCUT2D eigenvalue weighted by Crippen LogP contribution is -2.25. The number of aryl methyl sites for hydroxylation is 1. The van der Waals surface area contributed by atoms with Crippen LogP contribution in [-0.4, -0.2) is 15.8 Å². The molecule has 0 amide bonds. The lowest BCUT2D eigenvalue weighted by atomic mass is 10.1. The highest BCUT2D eigenvalue weighted by Gasteiger charge is 2.08. The smallest absolute Gasteiger partial charge is 0.191 e. The number of nitrogens with zero attached hydrogens (tertiary/aromatic N) is 2. The van der Waals surface area contributed by atoms with Crippen molar-refractivity contribution in [3.8, 4) is 0 Å². The van der Waals surface area contributed by atoms with E-state index in [0.29, 0.717) is 5.11 Å². The summed E-state index contributed by atoms with van der Waals surface area (Å²) < 4.78 is 0. The summed E-state index contributed by atoms with van der Waals surface area (Å²) in [7, 11) is 0. The Balaban J connectivity index is 1.79. The molecule has 4 nitrogen and oxygen atoms in total. The average molecular weight is 346 g/mol. The number of benzene rings is 2. The van der Waals surface area contributed by atoms with E-state index in [2.05, 4.69) is 20.8 Å². The van der Waals surface area contributed by atoms with Gasteiger partial charge >= 0.3 is 0 Å². The molecule has 0 bridgehead atoms. The van der Waals surface area contributed by atoms with E-state index in [1.54, 1.807) is 6.20 Å². The zero-order valence-electron chi connectivity index (χ0n) is 13.8. The second-order valence-electron chi connectivity index (χ2n) is 5.47. The van der Waals surface area contributed by atoms with Gasteiger partial charge in [-0.15, -0.1) is 0 Å². The van der Waals surface area contributed by atoms with E-state index in [4.69, 9.17) is 12.2 Å². The second kappa shape index (κ2) is 8.17. The van der Waals surface area contributed by atoms with Crippen LogP contribution in [-0.2, 0) is 0 Å². The zero-order valence-corrected chi connectivity index (χ0v) is 14.6. The van der Waals surface area contributed by atoms with Gasteiger partial charge in [-0.3, -0.25) is 10.4 Å². The predicted octanol–water partition coefficient (Wildman–Crippen LogP) is 4.13. The van der Waals surface area contributed by atoms with Gasteiger partial charge < -0.3 is 5.32 Å². The van der Waals surface area contributed by atoms with Crippen LogP contribution >= 0.6 is 12.2 Å². The first kappa shape index (κ1) is 16.8. The average Bonchev–Trinajstić information content (AvgIpc) is 2.66. The zero-order chi connectivity index (χ0) is 17.5. The standard InChI is InChI=1S/C20H18N4S/c1-15-10-12-17(13-11-15)22-20(25)24-23-19(16-7-3-2-4-8-16)18-9-5-6-14-21-18/h2-14H,1H3,(H2,22,24,25). The fraction of sp³-hybridized carbons (Fsp3) is 0.0500. The van der Waals surface area contributed by atoms with Gasteiger partial charge in [0.2, 0.25) is 0 Å². The number of nitrogens with one attached hydrogen (secondary N) is 2. The van der Waals surface area contributed by atoms with E-state index in [1.165, 1.54) is 5.56 Å². The van der Waals surface area contributed by atoms with Crippen molar-refractivity contribution in [3.63, 3.8) is 0 Å². The van der Waals surface area contributed by atoms with Crippen molar-refractivity contribution < 1.29 is 0 Å². The van der Waals surface area contributed by atoms with Gasteiger partial charge in [0.1, 0.15) is 5.71 Å². The van der Waals surface area contributed by atoms with Gasteiger partial charge in [-0.05, 0) is 43.4 Å². The molecule has 0 aliphatic carbocycles. The third kappa shape index (κ3) is 4.71. The Hall–Kier alpha value is -3.05. The van der Waals surface area contributed by atoms with Gasteiger partial charge in [0.15, 0.2) is 5.11 Å². The van der Waals surface area contributed by atoms with Crippen molar-refractivity contribution in [2.75, 3.05) is 5.32 Å². The highest BCUT2D eigenvalue weighted by Crippen LogP contribution is 2.10. The van der Waals surface area contributed by atoms with E-state index < -0.39 is 0 Å². The second-order valence-corrected chi connectivity index (χ2v) is 5.88. The topological polar surface area (TPSA) is 49.3 Å². The maximum atomic E-state index is 5.34. The molecule has 3 aromatic rings. The van der Waals surface area contributed by atoms with Gasteiger partial charge in [0.05, 0.1) is 5.69 Å². The summed E-state index contributed by atoms with van der Waals surface area (Å²) in [6.07, 6.45) is 1.75. The van der Waals surface area contributed by atoms with Gasteiger partial charge in [-0.1, -0.05) is 54.1 Å². The van der Waals surface area contributed by atoms with E-state index in [0.717, 1.165) is 22.7 Å². The van der Waals surface area contributed by atoms with Crippen LogP contribution in [0.4, 0.5) is 5.69 Å². The molecule has 0 saturated heterocycles. The Kier molecular flexibility index (Phi) is 5.49. The van der Waals surface area contributed by atoms with E-state index in [9.17, 15) is 0 Å². The van der Waals surface area contributed by atoms with Crippen LogP contribution in [0.15, 0.2) is 84.1 Å². The molecule has 0 radical (unpaired) electrons. The summed E-state index contributed by atoms with van der Waals surface area (Å²) in [5.41, 5.74) is 7.50. The summed E-state index contributed by atoms with van der Waals surface area (Å²) in [6, 6.07) is 23.6. The number of hydrogen-bond donors (Lipinski definition) is 2. The van der Waals surface area contributed by atoms with Crippen LogP contribution in [0.5, 0.6) is 0 Å². The Bertz CT molecular complexity index is 818. The lowest BCUT2D eigenvalue weighted by molar-refractivity contribution is 1.04. The molecule has 0 unspecified atom stereocenters. The third-order valence-corrected chi connectivity index (χ3v) is 3.73. The van der Waals surface area contributed by atoms with Gasteiger partial charge in [-0.2, -0.15) is 5.10 Å². The molecule has 124 valence electrons. The quantitative estimate of drug-likeness (QED) is 0.424. The van der Waals surface area contributed by atoms with Crippen molar-refractivity contribution in [1.29, 1.82) is 0 Å². The lowest BCUT2D eigenvalue weighted by Gasteiger charge is -2.10. The molecule has 2 N–H and O–H groups in total. The Labute approximate surface area is 152 Å². The number of anilines is 1. The number of pyridine rings is 1. The summed E-state index contributed by atoms with van der Waals surface area (Å²) in [5, 5.41) is 8.02. The van der Waals surface area contributed by atoms with Crippen molar-refractivity contribution in [2.24, 2.45) is 5.10 Å². The third-order valence-electron chi connectivity index (χ3n) is 3.53. The predicted molar refractivity (Wildman–Crippen MR) is 107 cm³/mol. The number of thiocarbonyl (C=S) groups is 1. The van der Waals surface area contributed by atoms with Crippen molar-refractivity contribution in [3.05, 3.63) is 95.8 Å². The van der Waals surface area contributed by atoms with Crippen molar-refractivity contribution in [1.82, 2.24) is 10.4 Å². The first-order chi connectivity index (χ1) is 12.2. The largest absolute Gasteiger partial charge is 0.331 e. The molecule has 0 spiro atoms.